The van der Waals surface area contributed by atoms with Crippen LogP contribution in [-0.2, 0) is 13.1 Å². The van der Waals surface area contributed by atoms with Crippen molar-refractivity contribution in [2.24, 2.45) is 0 Å². The van der Waals surface area contributed by atoms with E-state index < -0.39 is 0 Å². The number of hydrogen-bond donors (Lipinski definition) is 1. The lowest BCUT2D eigenvalue weighted by molar-refractivity contribution is 0.0628. The van der Waals surface area contributed by atoms with Gasteiger partial charge >= 0.3 is 0 Å². The summed E-state index contributed by atoms with van der Waals surface area (Å²) in [6.45, 7) is 7.49. The number of aromatic nitrogens is 1. The van der Waals surface area contributed by atoms with Gasteiger partial charge < -0.3 is 10.6 Å². The van der Waals surface area contributed by atoms with Crippen LogP contribution in [0.4, 0.5) is 5.82 Å². The van der Waals surface area contributed by atoms with Crippen LogP contribution in [0.15, 0.2) is 42.6 Å². The minimum Gasteiger partial charge on any atom is -0.384 e. The Labute approximate surface area is 173 Å². The van der Waals surface area contributed by atoms with Crippen molar-refractivity contribution in [3.05, 3.63) is 59.3 Å². The Morgan fingerprint density at radius 3 is 2.17 bits per heavy atom. The number of carbonyl (C=O) groups excluding carboxylic acids is 1. The van der Waals surface area contributed by atoms with Gasteiger partial charge in [0.1, 0.15) is 5.82 Å². The Balaban J connectivity index is 1.27. The number of nitrogen functional groups attached to an aromatic ring is 1. The Morgan fingerprint density at radius 1 is 0.828 bits per heavy atom. The third-order valence-electron chi connectivity index (χ3n) is 5.97. The topological polar surface area (TPSA) is 65.7 Å². The third kappa shape index (κ3) is 5.34. The van der Waals surface area contributed by atoms with Crippen LogP contribution in [0.5, 0.6) is 0 Å². The molecule has 0 aliphatic carbocycles. The summed E-state index contributed by atoms with van der Waals surface area (Å²) in [6, 6.07) is 12.1. The molecule has 4 rings (SSSR count). The van der Waals surface area contributed by atoms with Crippen molar-refractivity contribution in [3.8, 4) is 0 Å². The molecule has 0 unspecified atom stereocenters. The first-order valence-corrected chi connectivity index (χ1v) is 10.7. The first-order chi connectivity index (χ1) is 14.2. The highest BCUT2D eigenvalue weighted by Crippen LogP contribution is 2.16. The molecule has 2 N–H and O–H groups in total. The fourth-order valence-corrected chi connectivity index (χ4v) is 4.27. The average molecular weight is 394 g/mol. The average Bonchev–Trinajstić information content (AvgIpc) is 2.75. The fraction of sp³-hybridized carbons (Fsp3) is 0.478. The van der Waals surface area contributed by atoms with Gasteiger partial charge in [0.25, 0.3) is 5.91 Å². The van der Waals surface area contributed by atoms with E-state index >= 15 is 0 Å². The summed E-state index contributed by atoms with van der Waals surface area (Å²) in [5.74, 6) is 0.697. The Kier molecular flexibility index (Phi) is 6.42. The molecule has 6 heteroatoms. The number of rotatable bonds is 5. The number of likely N-dealkylation sites (tertiary alicyclic amines) is 1. The fourth-order valence-electron chi connectivity index (χ4n) is 4.27. The minimum atomic E-state index is 0.141. The molecule has 2 aromatic rings. The summed E-state index contributed by atoms with van der Waals surface area (Å²) in [6.07, 6.45) is 5.71. The molecule has 0 radical (unpaired) electrons. The summed E-state index contributed by atoms with van der Waals surface area (Å²) < 4.78 is 0. The highest BCUT2D eigenvalue weighted by molar-refractivity contribution is 5.94. The molecule has 2 aliphatic rings. The van der Waals surface area contributed by atoms with Crippen molar-refractivity contribution in [1.29, 1.82) is 0 Å². The molecule has 1 amide bonds. The molecule has 2 saturated heterocycles. The van der Waals surface area contributed by atoms with E-state index in [1.54, 1.807) is 6.20 Å². The van der Waals surface area contributed by atoms with E-state index in [0.29, 0.717) is 5.82 Å². The number of nitrogens with zero attached hydrogens (tertiary/aromatic N) is 4. The van der Waals surface area contributed by atoms with Gasteiger partial charge in [-0.1, -0.05) is 18.6 Å². The summed E-state index contributed by atoms with van der Waals surface area (Å²) in [4.78, 5) is 23.8. The molecule has 29 heavy (non-hydrogen) atoms. The van der Waals surface area contributed by atoms with Gasteiger partial charge in [-0.25, -0.2) is 4.98 Å². The van der Waals surface area contributed by atoms with Crippen molar-refractivity contribution in [1.82, 2.24) is 19.7 Å². The van der Waals surface area contributed by atoms with Crippen LogP contribution in [-0.4, -0.2) is 64.9 Å². The van der Waals surface area contributed by atoms with Gasteiger partial charge in [-0.15, -0.1) is 0 Å². The van der Waals surface area contributed by atoms with Gasteiger partial charge in [-0.3, -0.25) is 14.6 Å². The normalized spacial score (nSPS) is 18.7. The van der Waals surface area contributed by atoms with E-state index in [4.69, 9.17) is 5.73 Å². The van der Waals surface area contributed by atoms with Crippen LogP contribution in [0.25, 0.3) is 0 Å². The first-order valence-electron chi connectivity index (χ1n) is 10.7. The molecule has 0 bridgehead atoms. The van der Waals surface area contributed by atoms with E-state index in [0.717, 1.165) is 44.8 Å². The maximum absolute atomic E-state index is 12.9. The quantitative estimate of drug-likeness (QED) is 0.846. The van der Waals surface area contributed by atoms with Crippen molar-refractivity contribution < 1.29 is 4.79 Å². The SMILES string of the molecule is Nc1cc(CN2CCN(C(=O)c3ccc(CN4CCCCC4)cc3)CC2)ccn1. The Hall–Kier alpha value is -2.44. The van der Waals surface area contributed by atoms with Crippen LogP contribution in [0.2, 0.25) is 0 Å². The lowest BCUT2D eigenvalue weighted by Gasteiger charge is -2.34. The summed E-state index contributed by atoms with van der Waals surface area (Å²) in [5, 5.41) is 0. The second kappa shape index (κ2) is 9.37. The lowest BCUT2D eigenvalue weighted by Crippen LogP contribution is -2.48. The number of carbonyl (C=O) groups is 1. The Morgan fingerprint density at radius 2 is 1.48 bits per heavy atom. The van der Waals surface area contributed by atoms with Gasteiger partial charge in [0.2, 0.25) is 0 Å². The molecular weight excluding hydrogens is 362 g/mol. The predicted octanol–water partition coefficient (Wildman–Crippen LogP) is 2.61. The zero-order valence-corrected chi connectivity index (χ0v) is 17.1. The standard InChI is InChI=1S/C23H31N5O/c24-22-16-20(8-9-25-22)18-27-12-14-28(15-13-27)23(29)21-6-4-19(5-7-21)17-26-10-2-1-3-11-26/h4-9,16H,1-3,10-15,17-18H2,(H2,24,25). The molecule has 2 aliphatic heterocycles. The second-order valence-corrected chi connectivity index (χ2v) is 8.19. The van der Waals surface area contributed by atoms with Gasteiger partial charge in [0, 0.05) is 51.0 Å². The minimum absolute atomic E-state index is 0.141. The molecule has 154 valence electrons. The molecule has 3 heterocycles. The highest BCUT2D eigenvalue weighted by Gasteiger charge is 2.22. The maximum atomic E-state index is 12.9. The number of piperidine rings is 1. The van der Waals surface area contributed by atoms with Crippen LogP contribution < -0.4 is 5.73 Å². The zero-order valence-electron chi connectivity index (χ0n) is 17.1. The number of benzene rings is 1. The van der Waals surface area contributed by atoms with Gasteiger partial charge in [-0.2, -0.15) is 0 Å². The first kappa shape index (κ1) is 19.9. The summed E-state index contributed by atoms with van der Waals surface area (Å²) in [5.41, 5.74) is 9.03. The maximum Gasteiger partial charge on any atom is 0.253 e. The van der Waals surface area contributed by atoms with E-state index in [1.165, 1.54) is 43.5 Å². The number of piperazine rings is 1. The van der Waals surface area contributed by atoms with Gasteiger partial charge in [0.05, 0.1) is 0 Å². The van der Waals surface area contributed by atoms with Crippen LogP contribution in [0.3, 0.4) is 0 Å². The largest absolute Gasteiger partial charge is 0.384 e. The monoisotopic (exact) mass is 393 g/mol. The van der Waals surface area contributed by atoms with Crippen molar-refractivity contribution in [3.63, 3.8) is 0 Å². The summed E-state index contributed by atoms with van der Waals surface area (Å²) >= 11 is 0. The zero-order chi connectivity index (χ0) is 20.1. The Bertz CT molecular complexity index is 808. The summed E-state index contributed by atoms with van der Waals surface area (Å²) in [7, 11) is 0. The van der Waals surface area contributed by atoms with Gasteiger partial charge in [-0.05, 0) is 61.3 Å². The molecule has 1 aromatic heterocycles. The smallest absolute Gasteiger partial charge is 0.253 e. The molecule has 0 saturated carbocycles. The lowest BCUT2D eigenvalue weighted by atomic mass is 10.1. The second-order valence-electron chi connectivity index (χ2n) is 8.19. The molecule has 0 spiro atoms. The number of anilines is 1. The highest BCUT2D eigenvalue weighted by atomic mass is 16.2. The van der Waals surface area contributed by atoms with Crippen molar-refractivity contribution in [2.75, 3.05) is 45.0 Å². The van der Waals surface area contributed by atoms with Crippen LogP contribution >= 0.6 is 0 Å². The van der Waals surface area contributed by atoms with Gasteiger partial charge in [0.15, 0.2) is 0 Å². The molecular formula is C23H31N5O. The molecule has 0 atom stereocenters. The van der Waals surface area contributed by atoms with Crippen LogP contribution in [0, 0.1) is 0 Å². The van der Waals surface area contributed by atoms with E-state index in [-0.39, 0.29) is 5.91 Å². The van der Waals surface area contributed by atoms with Crippen molar-refractivity contribution in [2.45, 2.75) is 32.4 Å². The van der Waals surface area contributed by atoms with Crippen LogP contribution in [0.1, 0.15) is 40.7 Å². The van der Waals surface area contributed by atoms with E-state index in [2.05, 4.69) is 26.9 Å². The number of amides is 1. The number of nitrogens with two attached hydrogens (primary N) is 1. The molecule has 1 aromatic carbocycles. The van der Waals surface area contributed by atoms with E-state index in [9.17, 15) is 4.79 Å². The number of hydrogen-bond acceptors (Lipinski definition) is 5. The van der Waals surface area contributed by atoms with Crippen molar-refractivity contribution >= 4 is 11.7 Å². The third-order valence-corrected chi connectivity index (χ3v) is 5.97. The number of pyridine rings is 1. The molecule has 6 nitrogen and oxygen atoms in total. The molecule has 2 fully saturated rings. The van der Waals surface area contributed by atoms with E-state index in [1.807, 2.05) is 29.2 Å². The predicted molar refractivity (Wildman–Crippen MR) is 115 cm³/mol.